The standard InChI is InChI=1S/C19H15ClN2O4/c1-10-9-13(20)5-8-15(10)22-18(25)16(17(24)19(22)26)12-3-6-14(7-4-12)21-11(2)23/h3-9,24H,1-2H3,(H,21,23). The SMILES string of the molecule is CC(=O)Nc1ccc(C2=C(O)C(=O)N(c3ccc(Cl)cc3C)C2=O)cc1. The van der Waals surface area contributed by atoms with Crippen molar-refractivity contribution < 1.29 is 19.5 Å². The van der Waals surface area contributed by atoms with E-state index in [1.165, 1.54) is 6.92 Å². The van der Waals surface area contributed by atoms with Crippen LogP contribution in [0, 0.1) is 6.92 Å². The van der Waals surface area contributed by atoms with Crippen molar-refractivity contribution in [3.05, 3.63) is 64.4 Å². The summed E-state index contributed by atoms with van der Waals surface area (Å²) in [4.78, 5) is 37.3. The first-order valence-corrected chi connectivity index (χ1v) is 8.13. The Morgan fingerprint density at radius 2 is 1.73 bits per heavy atom. The van der Waals surface area contributed by atoms with Gasteiger partial charge in [0.15, 0.2) is 5.76 Å². The van der Waals surface area contributed by atoms with E-state index in [0.717, 1.165) is 4.90 Å². The molecule has 6 nitrogen and oxygen atoms in total. The minimum absolute atomic E-state index is 0.0845. The number of aliphatic hydroxyl groups is 1. The first-order chi connectivity index (χ1) is 12.3. The Kier molecular flexibility index (Phi) is 4.52. The summed E-state index contributed by atoms with van der Waals surface area (Å²) >= 11 is 5.92. The smallest absolute Gasteiger partial charge is 0.301 e. The normalized spacial score (nSPS) is 14.2. The van der Waals surface area contributed by atoms with E-state index < -0.39 is 17.6 Å². The van der Waals surface area contributed by atoms with Crippen molar-refractivity contribution in [1.29, 1.82) is 0 Å². The summed E-state index contributed by atoms with van der Waals surface area (Å²) in [5.41, 5.74) is 1.83. The number of aliphatic hydroxyl groups excluding tert-OH is 1. The molecule has 0 aromatic heterocycles. The Hall–Kier alpha value is -3.12. The summed E-state index contributed by atoms with van der Waals surface area (Å²) < 4.78 is 0. The Morgan fingerprint density at radius 1 is 1.08 bits per heavy atom. The molecule has 0 saturated carbocycles. The Labute approximate surface area is 154 Å². The molecule has 0 atom stereocenters. The molecule has 0 bridgehead atoms. The monoisotopic (exact) mass is 370 g/mol. The van der Waals surface area contributed by atoms with Crippen LogP contribution in [0.3, 0.4) is 0 Å². The molecule has 1 heterocycles. The first-order valence-electron chi connectivity index (χ1n) is 7.76. The predicted molar refractivity (Wildman–Crippen MR) is 99.0 cm³/mol. The topological polar surface area (TPSA) is 86.7 Å². The second kappa shape index (κ2) is 6.65. The highest BCUT2D eigenvalue weighted by Gasteiger charge is 2.40. The summed E-state index contributed by atoms with van der Waals surface area (Å²) in [5.74, 6) is -2.25. The molecule has 0 unspecified atom stereocenters. The Morgan fingerprint density at radius 3 is 2.31 bits per heavy atom. The van der Waals surface area contributed by atoms with Gasteiger partial charge in [0.05, 0.1) is 11.3 Å². The molecule has 0 saturated heterocycles. The van der Waals surface area contributed by atoms with E-state index in [4.69, 9.17) is 11.6 Å². The van der Waals surface area contributed by atoms with Gasteiger partial charge >= 0.3 is 5.91 Å². The highest BCUT2D eigenvalue weighted by atomic mass is 35.5. The fourth-order valence-electron chi connectivity index (χ4n) is 2.79. The highest BCUT2D eigenvalue weighted by molar-refractivity contribution is 6.45. The number of hydrogen-bond acceptors (Lipinski definition) is 4. The Bertz CT molecular complexity index is 964. The van der Waals surface area contributed by atoms with Gasteiger partial charge in [0.1, 0.15) is 0 Å². The third-order valence-electron chi connectivity index (χ3n) is 3.95. The van der Waals surface area contributed by atoms with Gasteiger partial charge in [-0.15, -0.1) is 0 Å². The maximum atomic E-state index is 12.8. The zero-order valence-electron chi connectivity index (χ0n) is 14.0. The predicted octanol–water partition coefficient (Wildman–Crippen LogP) is 3.45. The van der Waals surface area contributed by atoms with Crippen LogP contribution in [0.25, 0.3) is 5.57 Å². The third-order valence-corrected chi connectivity index (χ3v) is 4.19. The van der Waals surface area contributed by atoms with Crippen molar-refractivity contribution in [3.63, 3.8) is 0 Å². The minimum atomic E-state index is -0.790. The molecule has 132 valence electrons. The largest absolute Gasteiger partial charge is 0.502 e. The van der Waals surface area contributed by atoms with Gasteiger partial charge in [0, 0.05) is 17.6 Å². The van der Waals surface area contributed by atoms with Crippen LogP contribution in [0.15, 0.2) is 48.2 Å². The van der Waals surface area contributed by atoms with E-state index in [2.05, 4.69) is 5.32 Å². The third kappa shape index (κ3) is 3.07. The number of carbonyl (C=O) groups is 3. The second-order valence-corrected chi connectivity index (χ2v) is 6.30. The minimum Gasteiger partial charge on any atom is -0.502 e. The first kappa shape index (κ1) is 17.7. The molecular weight excluding hydrogens is 356 g/mol. The molecule has 1 aliphatic rings. The second-order valence-electron chi connectivity index (χ2n) is 5.86. The lowest BCUT2D eigenvalue weighted by atomic mass is 10.0. The van der Waals surface area contributed by atoms with Crippen molar-refractivity contribution in [2.75, 3.05) is 10.2 Å². The van der Waals surface area contributed by atoms with Crippen molar-refractivity contribution in [1.82, 2.24) is 0 Å². The number of imide groups is 1. The van der Waals surface area contributed by atoms with Crippen LogP contribution in [-0.2, 0) is 14.4 Å². The summed E-state index contributed by atoms with van der Waals surface area (Å²) in [6, 6.07) is 11.1. The van der Waals surface area contributed by atoms with Crippen molar-refractivity contribution in [3.8, 4) is 0 Å². The van der Waals surface area contributed by atoms with Crippen LogP contribution in [0.1, 0.15) is 18.1 Å². The van der Waals surface area contributed by atoms with Gasteiger partial charge in [-0.1, -0.05) is 23.7 Å². The van der Waals surface area contributed by atoms with Crippen LogP contribution < -0.4 is 10.2 Å². The summed E-state index contributed by atoms with van der Waals surface area (Å²) in [7, 11) is 0. The molecule has 2 N–H and O–H groups in total. The molecular formula is C19H15ClN2O4. The summed E-state index contributed by atoms with van der Waals surface area (Å²) in [6.45, 7) is 3.10. The number of hydrogen-bond donors (Lipinski definition) is 2. The molecule has 0 aliphatic carbocycles. The summed E-state index contributed by atoms with van der Waals surface area (Å²) in [5, 5.41) is 13.3. The number of rotatable bonds is 3. The van der Waals surface area contributed by atoms with Crippen LogP contribution in [0.2, 0.25) is 5.02 Å². The quantitative estimate of drug-likeness (QED) is 0.810. The molecule has 0 fully saturated rings. The fourth-order valence-corrected chi connectivity index (χ4v) is 3.02. The highest BCUT2D eigenvalue weighted by Crippen LogP contribution is 2.34. The average Bonchev–Trinajstić information content (AvgIpc) is 2.78. The van der Waals surface area contributed by atoms with E-state index >= 15 is 0 Å². The maximum Gasteiger partial charge on any atom is 0.301 e. The van der Waals surface area contributed by atoms with Crippen LogP contribution in [-0.4, -0.2) is 22.8 Å². The number of amides is 3. The van der Waals surface area contributed by atoms with E-state index in [-0.39, 0.29) is 11.5 Å². The van der Waals surface area contributed by atoms with Gasteiger partial charge in [-0.05, 0) is 48.4 Å². The zero-order valence-corrected chi connectivity index (χ0v) is 14.8. The van der Waals surface area contributed by atoms with Gasteiger partial charge in [0.25, 0.3) is 5.91 Å². The number of anilines is 2. The lowest BCUT2D eigenvalue weighted by Gasteiger charge is -2.17. The molecule has 0 radical (unpaired) electrons. The number of nitrogens with zero attached hydrogens (tertiary/aromatic N) is 1. The lowest BCUT2D eigenvalue weighted by Crippen LogP contribution is -2.32. The molecule has 26 heavy (non-hydrogen) atoms. The van der Waals surface area contributed by atoms with Gasteiger partial charge < -0.3 is 10.4 Å². The molecule has 1 aliphatic heterocycles. The van der Waals surface area contributed by atoms with E-state index in [0.29, 0.717) is 27.5 Å². The average molecular weight is 371 g/mol. The maximum absolute atomic E-state index is 12.8. The zero-order chi connectivity index (χ0) is 19.0. The van der Waals surface area contributed by atoms with Gasteiger partial charge in [-0.3, -0.25) is 14.4 Å². The van der Waals surface area contributed by atoms with Crippen LogP contribution in [0.5, 0.6) is 0 Å². The molecule has 2 aromatic carbocycles. The number of benzene rings is 2. The molecule has 0 spiro atoms. The number of nitrogens with one attached hydrogen (secondary N) is 1. The summed E-state index contributed by atoms with van der Waals surface area (Å²) in [6.07, 6.45) is 0. The lowest BCUT2D eigenvalue weighted by molar-refractivity contribution is -0.121. The van der Waals surface area contributed by atoms with E-state index in [1.54, 1.807) is 49.4 Å². The van der Waals surface area contributed by atoms with Crippen molar-refractivity contribution in [2.45, 2.75) is 13.8 Å². The van der Waals surface area contributed by atoms with Gasteiger partial charge in [-0.25, -0.2) is 4.90 Å². The van der Waals surface area contributed by atoms with Crippen LogP contribution >= 0.6 is 11.6 Å². The van der Waals surface area contributed by atoms with Crippen molar-refractivity contribution in [2.24, 2.45) is 0 Å². The number of aryl methyl sites for hydroxylation is 1. The van der Waals surface area contributed by atoms with Gasteiger partial charge in [0.2, 0.25) is 5.91 Å². The fraction of sp³-hybridized carbons (Fsp3) is 0.105. The van der Waals surface area contributed by atoms with Gasteiger partial charge in [-0.2, -0.15) is 0 Å². The molecule has 3 rings (SSSR count). The van der Waals surface area contributed by atoms with E-state index in [1.807, 2.05) is 0 Å². The Balaban J connectivity index is 1.97. The van der Waals surface area contributed by atoms with Crippen LogP contribution in [0.4, 0.5) is 11.4 Å². The number of carbonyl (C=O) groups excluding carboxylic acids is 3. The molecule has 7 heteroatoms. The van der Waals surface area contributed by atoms with Crippen molar-refractivity contribution >= 4 is 46.3 Å². The number of halogens is 1. The molecule has 2 aromatic rings. The van der Waals surface area contributed by atoms with E-state index in [9.17, 15) is 19.5 Å². The molecule has 3 amide bonds.